The highest BCUT2D eigenvalue weighted by Gasteiger charge is 2.24. The normalized spacial score (nSPS) is 20.7. The first-order valence-electron chi connectivity index (χ1n) is 4.02. The Labute approximate surface area is 72.0 Å². The van der Waals surface area contributed by atoms with Crippen molar-refractivity contribution >= 4 is 5.82 Å². The first-order chi connectivity index (χ1) is 5.77. The van der Waals surface area contributed by atoms with Gasteiger partial charge in [0.05, 0.1) is 6.61 Å². The van der Waals surface area contributed by atoms with Gasteiger partial charge in [-0.05, 0) is 6.07 Å². The van der Waals surface area contributed by atoms with Gasteiger partial charge in [-0.15, -0.1) is 0 Å². The number of hydrogen-bond acceptors (Lipinski definition) is 3. The van der Waals surface area contributed by atoms with Crippen LogP contribution in [0, 0.1) is 0 Å². The van der Waals surface area contributed by atoms with Crippen LogP contribution in [0.25, 0.3) is 0 Å². The smallest absolute Gasteiger partial charge is 0.127 e. The zero-order chi connectivity index (χ0) is 8.55. The zero-order valence-electron chi connectivity index (χ0n) is 7.32. The van der Waals surface area contributed by atoms with Crippen molar-refractivity contribution in [2.45, 2.75) is 6.10 Å². The van der Waals surface area contributed by atoms with E-state index in [2.05, 4.69) is 11.1 Å². The van der Waals surface area contributed by atoms with E-state index in [0.717, 1.165) is 12.4 Å². The van der Waals surface area contributed by atoms with Crippen molar-refractivity contribution in [1.29, 1.82) is 0 Å². The Bertz CT molecular complexity index is 243. The summed E-state index contributed by atoms with van der Waals surface area (Å²) in [4.78, 5) is 6.27. The van der Waals surface area contributed by atoms with Gasteiger partial charge >= 0.3 is 0 Å². The highest BCUT2D eigenvalue weighted by Crippen LogP contribution is 2.29. The molecule has 1 aliphatic heterocycles. The molecule has 0 N–H and O–H groups in total. The molecule has 0 aliphatic carbocycles. The van der Waals surface area contributed by atoms with Crippen molar-refractivity contribution in [2.24, 2.45) is 0 Å². The molecule has 0 aromatic carbocycles. The van der Waals surface area contributed by atoms with Gasteiger partial charge in [0.2, 0.25) is 0 Å². The molecule has 12 heavy (non-hydrogen) atoms. The third-order valence-corrected chi connectivity index (χ3v) is 1.93. The molecule has 2 heterocycles. The van der Waals surface area contributed by atoms with Crippen LogP contribution in [0.1, 0.15) is 11.7 Å². The van der Waals surface area contributed by atoms with Crippen LogP contribution in [0.2, 0.25) is 0 Å². The molecule has 0 spiro atoms. The number of anilines is 1. The maximum absolute atomic E-state index is 5.14. The predicted molar refractivity (Wildman–Crippen MR) is 47.3 cm³/mol. The number of nitrogens with zero attached hydrogens (tertiary/aromatic N) is 2. The number of epoxide rings is 1. The highest BCUT2D eigenvalue weighted by atomic mass is 16.6. The lowest BCUT2D eigenvalue weighted by molar-refractivity contribution is 0.415. The van der Waals surface area contributed by atoms with Gasteiger partial charge in [0.25, 0.3) is 0 Å². The molecule has 1 aromatic rings. The summed E-state index contributed by atoms with van der Waals surface area (Å²) in [6, 6.07) is 4.08. The van der Waals surface area contributed by atoms with Crippen molar-refractivity contribution in [3.63, 3.8) is 0 Å². The zero-order valence-corrected chi connectivity index (χ0v) is 7.32. The van der Waals surface area contributed by atoms with Gasteiger partial charge in [-0.2, -0.15) is 0 Å². The predicted octanol–water partition coefficient (Wildman–Crippen LogP) is 1.22. The van der Waals surface area contributed by atoms with E-state index in [4.69, 9.17) is 4.74 Å². The van der Waals surface area contributed by atoms with E-state index in [-0.39, 0.29) is 0 Å². The van der Waals surface area contributed by atoms with Crippen molar-refractivity contribution < 1.29 is 4.74 Å². The lowest BCUT2D eigenvalue weighted by atomic mass is 10.2. The molecule has 64 valence electrons. The standard InChI is InChI=1S/C9H12N2O/c1-11(2)9-4-3-7(5-10-9)8-6-12-8/h3-5,8H,6H2,1-2H3. The Hall–Kier alpha value is -1.09. The molecule has 1 aromatic heterocycles. The molecule has 3 heteroatoms. The van der Waals surface area contributed by atoms with Gasteiger partial charge in [0.15, 0.2) is 0 Å². The Morgan fingerprint density at radius 3 is 2.67 bits per heavy atom. The third-order valence-electron chi connectivity index (χ3n) is 1.93. The second kappa shape index (κ2) is 2.75. The molecule has 0 radical (unpaired) electrons. The number of ether oxygens (including phenoxy) is 1. The molecule has 1 atom stereocenters. The van der Waals surface area contributed by atoms with Crippen molar-refractivity contribution in [3.05, 3.63) is 23.9 Å². The molecule has 0 bridgehead atoms. The van der Waals surface area contributed by atoms with Crippen molar-refractivity contribution in [1.82, 2.24) is 4.98 Å². The summed E-state index contributed by atoms with van der Waals surface area (Å²) >= 11 is 0. The summed E-state index contributed by atoms with van der Waals surface area (Å²) in [6.07, 6.45) is 2.20. The van der Waals surface area contributed by atoms with Crippen LogP contribution in [-0.4, -0.2) is 25.7 Å². The molecular weight excluding hydrogens is 152 g/mol. The van der Waals surface area contributed by atoms with E-state index >= 15 is 0 Å². The maximum Gasteiger partial charge on any atom is 0.127 e. The van der Waals surface area contributed by atoms with Gasteiger partial charge in [-0.25, -0.2) is 4.98 Å². The SMILES string of the molecule is CN(C)c1ccc(C2CO2)cn1. The van der Waals surface area contributed by atoms with Gasteiger partial charge in [0, 0.05) is 25.9 Å². The van der Waals surface area contributed by atoms with E-state index in [1.54, 1.807) is 0 Å². The van der Waals surface area contributed by atoms with Crippen molar-refractivity contribution in [2.75, 3.05) is 25.6 Å². The molecule has 1 aliphatic rings. The lowest BCUT2D eigenvalue weighted by Gasteiger charge is -2.10. The molecular formula is C9H12N2O. The van der Waals surface area contributed by atoms with Gasteiger partial charge < -0.3 is 9.64 Å². The molecule has 0 saturated carbocycles. The first-order valence-corrected chi connectivity index (χ1v) is 4.02. The van der Waals surface area contributed by atoms with E-state index in [1.165, 1.54) is 5.56 Å². The summed E-state index contributed by atoms with van der Waals surface area (Å²) in [5.74, 6) is 0.986. The van der Waals surface area contributed by atoms with Crippen LogP contribution >= 0.6 is 0 Å². The average Bonchev–Trinajstić information content (AvgIpc) is 2.87. The Kier molecular flexibility index (Phi) is 1.73. The minimum atomic E-state index is 0.314. The summed E-state index contributed by atoms with van der Waals surface area (Å²) in [5, 5.41) is 0. The largest absolute Gasteiger partial charge is 0.368 e. The fourth-order valence-corrected chi connectivity index (χ4v) is 1.09. The summed E-state index contributed by atoms with van der Waals surface area (Å²) < 4.78 is 5.14. The topological polar surface area (TPSA) is 28.7 Å². The number of pyridine rings is 1. The van der Waals surface area contributed by atoms with E-state index in [9.17, 15) is 0 Å². The van der Waals surface area contributed by atoms with E-state index < -0.39 is 0 Å². The number of aromatic nitrogens is 1. The molecule has 1 unspecified atom stereocenters. The third kappa shape index (κ3) is 1.41. The average molecular weight is 164 g/mol. The Balaban J connectivity index is 2.18. The highest BCUT2D eigenvalue weighted by molar-refractivity contribution is 5.37. The maximum atomic E-state index is 5.14. The summed E-state index contributed by atoms with van der Waals surface area (Å²) in [6.45, 7) is 0.850. The van der Waals surface area contributed by atoms with E-state index in [0.29, 0.717) is 6.10 Å². The Morgan fingerprint density at radius 2 is 2.25 bits per heavy atom. The quantitative estimate of drug-likeness (QED) is 0.615. The van der Waals surface area contributed by atoms with Gasteiger partial charge in [0.1, 0.15) is 11.9 Å². The molecule has 3 nitrogen and oxygen atoms in total. The van der Waals surface area contributed by atoms with Crippen molar-refractivity contribution in [3.8, 4) is 0 Å². The molecule has 2 rings (SSSR count). The molecule has 0 amide bonds. The Morgan fingerprint density at radius 1 is 1.50 bits per heavy atom. The summed E-state index contributed by atoms with van der Waals surface area (Å²) in [7, 11) is 3.96. The lowest BCUT2D eigenvalue weighted by Crippen LogP contribution is -2.10. The van der Waals surface area contributed by atoms with Crippen LogP contribution in [0.5, 0.6) is 0 Å². The first kappa shape index (κ1) is 7.55. The monoisotopic (exact) mass is 164 g/mol. The van der Waals surface area contributed by atoms with Crippen LogP contribution in [0.4, 0.5) is 5.82 Å². The number of rotatable bonds is 2. The van der Waals surface area contributed by atoms with Gasteiger partial charge in [-0.3, -0.25) is 0 Å². The van der Waals surface area contributed by atoms with Crippen LogP contribution < -0.4 is 4.90 Å². The molecule has 1 fully saturated rings. The minimum Gasteiger partial charge on any atom is -0.368 e. The summed E-state index contributed by atoms with van der Waals surface area (Å²) in [5.41, 5.74) is 1.18. The van der Waals surface area contributed by atoms with E-state index in [1.807, 2.05) is 31.3 Å². The molecule has 1 saturated heterocycles. The second-order valence-electron chi connectivity index (χ2n) is 3.17. The van der Waals surface area contributed by atoms with Gasteiger partial charge in [-0.1, -0.05) is 6.07 Å². The minimum absolute atomic E-state index is 0.314. The van der Waals surface area contributed by atoms with Crippen LogP contribution in [0.3, 0.4) is 0 Å². The van der Waals surface area contributed by atoms with Crippen LogP contribution in [-0.2, 0) is 4.74 Å². The number of hydrogen-bond donors (Lipinski definition) is 0. The fraction of sp³-hybridized carbons (Fsp3) is 0.444. The van der Waals surface area contributed by atoms with Crippen LogP contribution in [0.15, 0.2) is 18.3 Å². The second-order valence-corrected chi connectivity index (χ2v) is 3.17. The fourth-order valence-electron chi connectivity index (χ4n) is 1.09.